The number of alkyl halides is 2. The molecule has 0 radical (unpaired) electrons. The zero-order valence-electron chi connectivity index (χ0n) is 10.7. The van der Waals surface area contributed by atoms with E-state index in [9.17, 15) is 13.6 Å². The van der Waals surface area contributed by atoms with Gasteiger partial charge in [0.1, 0.15) is 5.75 Å². The number of nitrogens with one attached hydrogen (secondary N) is 1. The molecule has 8 heteroatoms. The highest BCUT2D eigenvalue weighted by Crippen LogP contribution is 2.16. The Morgan fingerprint density at radius 1 is 1.33 bits per heavy atom. The number of anilines is 1. The van der Waals surface area contributed by atoms with Crippen LogP contribution in [0.3, 0.4) is 0 Å². The van der Waals surface area contributed by atoms with Crippen molar-refractivity contribution in [3.63, 3.8) is 0 Å². The summed E-state index contributed by atoms with van der Waals surface area (Å²) in [5.41, 5.74) is 0.673. The fraction of sp³-hybridized carbons (Fsp3) is 0.154. The second kappa shape index (κ2) is 6.60. The first-order chi connectivity index (χ1) is 10.0. The summed E-state index contributed by atoms with van der Waals surface area (Å²) in [5, 5.41) is 11.6. The van der Waals surface area contributed by atoms with E-state index in [1.807, 2.05) is 0 Å². The van der Waals surface area contributed by atoms with Crippen LogP contribution in [0, 0.1) is 0 Å². The predicted molar refractivity (Wildman–Crippen MR) is 69.4 cm³/mol. The first-order valence-electron chi connectivity index (χ1n) is 5.87. The molecule has 1 aromatic heterocycles. The van der Waals surface area contributed by atoms with Gasteiger partial charge in [0, 0.05) is 18.9 Å². The Balaban J connectivity index is 1.97. The lowest BCUT2D eigenvalue weighted by atomic mass is 10.2. The van der Waals surface area contributed by atoms with Crippen molar-refractivity contribution in [2.24, 2.45) is 0 Å². The number of nitrogens with zero attached hydrogens (tertiary/aromatic N) is 2. The maximum absolute atomic E-state index is 12.1. The molecule has 0 bridgehead atoms. The lowest BCUT2D eigenvalue weighted by Gasteiger charge is -2.08. The number of carbonyl (C=O) groups is 1. The van der Waals surface area contributed by atoms with Gasteiger partial charge >= 0.3 is 12.6 Å². The molecule has 0 aliphatic heterocycles. The van der Waals surface area contributed by atoms with Crippen LogP contribution in [-0.4, -0.2) is 27.7 Å². The number of carboxylic acid groups (broad SMARTS) is 1. The molecule has 2 aromatic rings. The third kappa shape index (κ3) is 4.37. The summed E-state index contributed by atoms with van der Waals surface area (Å²) >= 11 is 0. The number of halogens is 2. The third-order valence-corrected chi connectivity index (χ3v) is 2.47. The Hall–Kier alpha value is -2.77. The molecule has 2 N–H and O–H groups in total. The Morgan fingerprint density at radius 3 is 2.67 bits per heavy atom. The van der Waals surface area contributed by atoms with E-state index in [0.717, 1.165) is 0 Å². The van der Waals surface area contributed by atoms with Crippen molar-refractivity contribution in [3.05, 3.63) is 47.8 Å². The van der Waals surface area contributed by atoms with Crippen LogP contribution in [0.2, 0.25) is 0 Å². The zero-order valence-corrected chi connectivity index (χ0v) is 10.7. The monoisotopic (exact) mass is 295 g/mol. The molecule has 0 aliphatic carbocycles. The van der Waals surface area contributed by atoms with E-state index < -0.39 is 12.6 Å². The average Bonchev–Trinajstić information content (AvgIpc) is 2.45. The number of hydrogen-bond acceptors (Lipinski definition) is 5. The number of ether oxygens (including phenoxy) is 1. The van der Waals surface area contributed by atoms with E-state index in [1.54, 1.807) is 12.1 Å². The van der Waals surface area contributed by atoms with E-state index >= 15 is 0 Å². The fourth-order valence-corrected chi connectivity index (χ4v) is 1.54. The number of rotatable bonds is 6. The SMILES string of the molecule is O=C(O)c1cnc(NCc2cccc(OC(F)F)c2)nc1. The summed E-state index contributed by atoms with van der Waals surface area (Å²) < 4.78 is 28.5. The van der Waals surface area contributed by atoms with Crippen LogP contribution < -0.4 is 10.1 Å². The molecule has 0 atom stereocenters. The summed E-state index contributed by atoms with van der Waals surface area (Å²) in [7, 11) is 0. The van der Waals surface area contributed by atoms with Crippen LogP contribution in [0.1, 0.15) is 15.9 Å². The van der Waals surface area contributed by atoms with E-state index in [0.29, 0.717) is 5.56 Å². The van der Waals surface area contributed by atoms with Crippen molar-refractivity contribution in [1.82, 2.24) is 9.97 Å². The largest absolute Gasteiger partial charge is 0.478 e. The Kier molecular flexibility index (Phi) is 4.60. The Morgan fingerprint density at radius 2 is 2.05 bits per heavy atom. The van der Waals surface area contributed by atoms with Crippen LogP contribution in [0.5, 0.6) is 5.75 Å². The molecule has 0 aliphatic rings. The third-order valence-electron chi connectivity index (χ3n) is 2.47. The standard InChI is InChI=1S/C13H11F2N3O3/c14-12(15)21-10-3-1-2-8(4-10)5-16-13-17-6-9(7-18-13)11(19)20/h1-4,6-7,12H,5H2,(H,19,20)(H,16,17,18). The molecule has 0 unspecified atom stereocenters. The highest BCUT2D eigenvalue weighted by atomic mass is 19.3. The van der Waals surface area contributed by atoms with Crippen LogP contribution >= 0.6 is 0 Å². The quantitative estimate of drug-likeness (QED) is 0.851. The fourth-order valence-electron chi connectivity index (χ4n) is 1.54. The van der Waals surface area contributed by atoms with Crippen LogP contribution in [0.4, 0.5) is 14.7 Å². The molecule has 0 saturated carbocycles. The van der Waals surface area contributed by atoms with Gasteiger partial charge in [-0.1, -0.05) is 12.1 Å². The molecule has 1 aromatic carbocycles. The lowest BCUT2D eigenvalue weighted by molar-refractivity contribution is -0.0498. The molecule has 6 nitrogen and oxygen atoms in total. The molecule has 21 heavy (non-hydrogen) atoms. The molecular formula is C13H11F2N3O3. The molecule has 0 amide bonds. The van der Waals surface area contributed by atoms with Crippen LogP contribution in [0.15, 0.2) is 36.7 Å². The molecule has 2 rings (SSSR count). The first-order valence-corrected chi connectivity index (χ1v) is 5.87. The van der Waals surface area contributed by atoms with Gasteiger partial charge in [-0.05, 0) is 17.7 Å². The number of hydrogen-bond donors (Lipinski definition) is 2. The van der Waals surface area contributed by atoms with Gasteiger partial charge in [0.15, 0.2) is 0 Å². The number of aromatic nitrogens is 2. The smallest absolute Gasteiger partial charge is 0.387 e. The molecule has 0 saturated heterocycles. The molecular weight excluding hydrogens is 284 g/mol. The lowest BCUT2D eigenvalue weighted by Crippen LogP contribution is -2.06. The Bertz CT molecular complexity index is 620. The van der Waals surface area contributed by atoms with E-state index in [2.05, 4.69) is 20.0 Å². The van der Waals surface area contributed by atoms with Crippen LogP contribution in [0.25, 0.3) is 0 Å². The normalized spacial score (nSPS) is 10.4. The number of benzene rings is 1. The van der Waals surface area contributed by atoms with Gasteiger partial charge in [-0.2, -0.15) is 8.78 Å². The summed E-state index contributed by atoms with van der Waals surface area (Å²) in [4.78, 5) is 18.3. The number of aromatic carboxylic acids is 1. The minimum atomic E-state index is -2.87. The van der Waals surface area contributed by atoms with Gasteiger partial charge in [0.2, 0.25) is 5.95 Å². The number of carboxylic acids is 1. The summed E-state index contributed by atoms with van der Waals surface area (Å²) in [6.45, 7) is -2.59. The molecule has 1 heterocycles. The zero-order chi connectivity index (χ0) is 15.2. The van der Waals surface area contributed by atoms with E-state index in [4.69, 9.17) is 5.11 Å². The van der Waals surface area contributed by atoms with Crippen LogP contribution in [-0.2, 0) is 6.54 Å². The second-order valence-electron chi connectivity index (χ2n) is 3.98. The molecule has 0 spiro atoms. The van der Waals surface area contributed by atoms with E-state index in [1.165, 1.54) is 24.5 Å². The van der Waals surface area contributed by atoms with Gasteiger partial charge in [-0.15, -0.1) is 0 Å². The minimum absolute atomic E-state index is 0.0205. The summed E-state index contributed by atoms with van der Waals surface area (Å²) in [6.07, 6.45) is 2.35. The maximum atomic E-state index is 12.1. The average molecular weight is 295 g/mol. The first kappa shape index (κ1) is 14.6. The maximum Gasteiger partial charge on any atom is 0.387 e. The molecule has 110 valence electrons. The summed E-state index contributed by atoms with van der Waals surface area (Å²) in [6, 6.07) is 6.19. The highest BCUT2D eigenvalue weighted by molar-refractivity contribution is 5.86. The highest BCUT2D eigenvalue weighted by Gasteiger charge is 2.06. The van der Waals surface area contributed by atoms with Crippen molar-refractivity contribution in [1.29, 1.82) is 0 Å². The van der Waals surface area contributed by atoms with Crippen molar-refractivity contribution in [2.75, 3.05) is 5.32 Å². The minimum Gasteiger partial charge on any atom is -0.478 e. The molecule has 0 fully saturated rings. The Labute approximate surface area is 118 Å². The summed E-state index contributed by atoms with van der Waals surface area (Å²) in [5.74, 6) is -0.815. The second-order valence-corrected chi connectivity index (χ2v) is 3.98. The van der Waals surface area contributed by atoms with Gasteiger partial charge in [-0.25, -0.2) is 14.8 Å². The van der Waals surface area contributed by atoms with Gasteiger partial charge < -0.3 is 15.2 Å². The van der Waals surface area contributed by atoms with Gasteiger partial charge in [-0.3, -0.25) is 0 Å². The topological polar surface area (TPSA) is 84.3 Å². The predicted octanol–water partition coefficient (Wildman–Crippen LogP) is 2.39. The van der Waals surface area contributed by atoms with E-state index in [-0.39, 0.29) is 23.8 Å². The van der Waals surface area contributed by atoms with Gasteiger partial charge in [0.05, 0.1) is 5.56 Å². The van der Waals surface area contributed by atoms with Crippen molar-refractivity contribution in [2.45, 2.75) is 13.2 Å². The van der Waals surface area contributed by atoms with Crippen molar-refractivity contribution in [3.8, 4) is 5.75 Å². The van der Waals surface area contributed by atoms with Gasteiger partial charge in [0.25, 0.3) is 0 Å². The van der Waals surface area contributed by atoms with Crippen molar-refractivity contribution >= 4 is 11.9 Å². The van der Waals surface area contributed by atoms with Crippen molar-refractivity contribution < 1.29 is 23.4 Å².